The van der Waals surface area contributed by atoms with Crippen LogP contribution in [0.2, 0.25) is 5.15 Å². The van der Waals surface area contributed by atoms with E-state index in [1.807, 2.05) is 35.9 Å². The molecule has 4 aromatic heterocycles. The van der Waals surface area contributed by atoms with Crippen molar-refractivity contribution >= 4 is 39.9 Å². The van der Waals surface area contributed by atoms with Crippen molar-refractivity contribution in [1.82, 2.24) is 29.8 Å². The minimum absolute atomic E-state index is 0.0386. The Balaban J connectivity index is 1.51. The predicted octanol–water partition coefficient (Wildman–Crippen LogP) is 4.02. The van der Waals surface area contributed by atoms with Crippen LogP contribution in [-0.2, 0) is 4.79 Å². The first kappa shape index (κ1) is 19.3. The summed E-state index contributed by atoms with van der Waals surface area (Å²) in [5.74, 6) is 0.500. The van der Waals surface area contributed by atoms with E-state index >= 15 is 0 Å². The molecule has 0 spiro atoms. The van der Waals surface area contributed by atoms with E-state index in [0.717, 1.165) is 10.5 Å². The summed E-state index contributed by atoms with van der Waals surface area (Å²) in [5, 5.41) is 9.16. The molecule has 8 nitrogen and oxygen atoms in total. The first-order valence-electron chi connectivity index (χ1n) is 8.86. The SMILES string of the molecule is CC(C)C(NC(=O)/C=C/c1c(Cl)nc2sccn12)c1nc(-c2cccnc2)no1. The number of thiazole rings is 1. The number of aromatic nitrogens is 5. The molecule has 148 valence electrons. The fraction of sp³-hybridized carbons (Fsp3) is 0.211. The first-order valence-corrected chi connectivity index (χ1v) is 10.1. The van der Waals surface area contributed by atoms with Gasteiger partial charge in [0.1, 0.15) is 6.04 Å². The topological polar surface area (TPSA) is 98.2 Å². The van der Waals surface area contributed by atoms with E-state index in [-0.39, 0.29) is 11.8 Å². The minimum Gasteiger partial charge on any atom is -0.340 e. The summed E-state index contributed by atoms with van der Waals surface area (Å²) in [7, 11) is 0. The van der Waals surface area contributed by atoms with Gasteiger partial charge in [0.2, 0.25) is 17.6 Å². The second-order valence-corrected chi connectivity index (χ2v) is 7.84. The first-order chi connectivity index (χ1) is 14.0. The molecule has 1 N–H and O–H groups in total. The van der Waals surface area contributed by atoms with E-state index in [2.05, 4.69) is 25.4 Å². The van der Waals surface area contributed by atoms with Crippen molar-refractivity contribution in [1.29, 1.82) is 0 Å². The molecule has 1 unspecified atom stereocenters. The van der Waals surface area contributed by atoms with Crippen molar-refractivity contribution in [3.05, 3.63) is 58.9 Å². The molecular weight excluding hydrogens is 412 g/mol. The fourth-order valence-corrected chi connectivity index (χ4v) is 3.77. The van der Waals surface area contributed by atoms with Crippen LogP contribution in [0.5, 0.6) is 0 Å². The summed E-state index contributed by atoms with van der Waals surface area (Å²) in [6.45, 7) is 3.93. The Bertz CT molecular complexity index is 1160. The van der Waals surface area contributed by atoms with Crippen molar-refractivity contribution in [2.75, 3.05) is 0 Å². The normalized spacial score (nSPS) is 12.8. The number of hydrogen-bond acceptors (Lipinski definition) is 7. The number of hydrogen-bond donors (Lipinski definition) is 1. The van der Waals surface area contributed by atoms with Crippen LogP contribution in [0.4, 0.5) is 0 Å². The number of nitrogens with zero attached hydrogens (tertiary/aromatic N) is 5. The highest BCUT2D eigenvalue weighted by Gasteiger charge is 2.24. The fourth-order valence-electron chi connectivity index (χ4n) is 2.77. The van der Waals surface area contributed by atoms with Crippen LogP contribution >= 0.6 is 22.9 Å². The summed E-state index contributed by atoms with van der Waals surface area (Å²) in [5.41, 5.74) is 1.39. The van der Waals surface area contributed by atoms with Gasteiger partial charge in [-0.3, -0.25) is 14.2 Å². The maximum absolute atomic E-state index is 12.5. The standard InChI is InChI=1S/C19H17ClN6O2S/c1-11(2)15(18-24-17(25-28-18)12-4-3-7-21-10-12)22-14(27)6-5-13-16(20)23-19-26(13)8-9-29-19/h3-11,15H,1-2H3,(H,22,27)/b6-5+. The van der Waals surface area contributed by atoms with Gasteiger partial charge in [-0.05, 0) is 24.1 Å². The molecule has 0 aliphatic heterocycles. The van der Waals surface area contributed by atoms with E-state index < -0.39 is 6.04 Å². The molecule has 0 bridgehead atoms. The lowest BCUT2D eigenvalue weighted by molar-refractivity contribution is -0.117. The molecule has 0 aromatic carbocycles. The second-order valence-electron chi connectivity index (χ2n) is 6.60. The number of carbonyl (C=O) groups is 1. The van der Waals surface area contributed by atoms with E-state index in [0.29, 0.717) is 22.6 Å². The summed E-state index contributed by atoms with van der Waals surface area (Å²) in [4.78, 5) is 26.0. The van der Waals surface area contributed by atoms with E-state index in [1.54, 1.807) is 24.5 Å². The number of rotatable bonds is 6. The Morgan fingerprint density at radius 3 is 3.00 bits per heavy atom. The molecule has 0 fully saturated rings. The highest BCUT2D eigenvalue weighted by molar-refractivity contribution is 7.15. The second kappa shape index (κ2) is 8.14. The zero-order valence-electron chi connectivity index (χ0n) is 15.6. The lowest BCUT2D eigenvalue weighted by Crippen LogP contribution is -2.30. The quantitative estimate of drug-likeness (QED) is 0.466. The van der Waals surface area contributed by atoms with Crippen molar-refractivity contribution in [3.8, 4) is 11.4 Å². The van der Waals surface area contributed by atoms with Gasteiger partial charge in [-0.15, -0.1) is 11.3 Å². The highest BCUT2D eigenvalue weighted by atomic mass is 35.5. The van der Waals surface area contributed by atoms with Crippen LogP contribution in [0.15, 0.2) is 46.7 Å². The molecule has 10 heteroatoms. The molecule has 0 saturated heterocycles. The van der Waals surface area contributed by atoms with Crippen LogP contribution < -0.4 is 5.32 Å². The molecule has 0 radical (unpaired) electrons. The molecule has 0 aliphatic rings. The Labute approximate surface area is 175 Å². The number of imidazole rings is 1. The van der Waals surface area contributed by atoms with Gasteiger partial charge < -0.3 is 9.84 Å². The lowest BCUT2D eigenvalue weighted by atomic mass is 10.0. The van der Waals surface area contributed by atoms with Gasteiger partial charge in [0.15, 0.2) is 10.1 Å². The number of amides is 1. The third kappa shape index (κ3) is 4.06. The third-order valence-electron chi connectivity index (χ3n) is 4.24. The van der Waals surface area contributed by atoms with E-state index in [9.17, 15) is 4.79 Å². The molecule has 29 heavy (non-hydrogen) atoms. The summed E-state index contributed by atoms with van der Waals surface area (Å²) < 4.78 is 7.23. The molecule has 4 heterocycles. The Morgan fingerprint density at radius 1 is 1.38 bits per heavy atom. The number of fused-ring (bicyclic) bond motifs is 1. The van der Waals surface area contributed by atoms with Crippen molar-refractivity contribution in [3.63, 3.8) is 0 Å². The van der Waals surface area contributed by atoms with Crippen LogP contribution in [0.25, 0.3) is 22.4 Å². The Morgan fingerprint density at radius 2 is 2.24 bits per heavy atom. The zero-order chi connectivity index (χ0) is 20.4. The van der Waals surface area contributed by atoms with Crippen molar-refractivity contribution in [2.45, 2.75) is 19.9 Å². The molecule has 1 amide bonds. The van der Waals surface area contributed by atoms with E-state index in [4.69, 9.17) is 16.1 Å². The largest absolute Gasteiger partial charge is 0.340 e. The van der Waals surface area contributed by atoms with Crippen LogP contribution in [0.1, 0.15) is 31.5 Å². The average molecular weight is 429 g/mol. The average Bonchev–Trinajstić information content (AvgIpc) is 3.42. The maximum Gasteiger partial charge on any atom is 0.249 e. The predicted molar refractivity (Wildman–Crippen MR) is 110 cm³/mol. The number of pyridine rings is 1. The maximum atomic E-state index is 12.5. The third-order valence-corrected chi connectivity index (χ3v) is 5.27. The van der Waals surface area contributed by atoms with Crippen LogP contribution in [0.3, 0.4) is 0 Å². The summed E-state index contributed by atoms with van der Waals surface area (Å²) in [6.07, 6.45) is 8.23. The van der Waals surface area contributed by atoms with Gasteiger partial charge in [-0.1, -0.05) is 30.6 Å². The van der Waals surface area contributed by atoms with Gasteiger partial charge >= 0.3 is 0 Å². The lowest BCUT2D eigenvalue weighted by Gasteiger charge is -2.17. The molecule has 4 aromatic rings. The molecule has 1 atom stereocenters. The highest BCUT2D eigenvalue weighted by Crippen LogP contribution is 2.24. The number of nitrogens with one attached hydrogen (secondary N) is 1. The number of halogens is 1. The Kier molecular flexibility index (Phi) is 5.41. The van der Waals surface area contributed by atoms with Gasteiger partial charge in [-0.25, -0.2) is 4.98 Å². The van der Waals surface area contributed by atoms with Gasteiger partial charge in [0, 0.05) is 35.6 Å². The molecule has 0 saturated carbocycles. The van der Waals surface area contributed by atoms with Crippen LogP contribution in [-0.4, -0.2) is 30.4 Å². The summed E-state index contributed by atoms with van der Waals surface area (Å²) in [6, 6.07) is 3.20. The van der Waals surface area contributed by atoms with E-state index in [1.165, 1.54) is 17.4 Å². The monoisotopic (exact) mass is 428 g/mol. The molecule has 0 aliphatic carbocycles. The smallest absolute Gasteiger partial charge is 0.249 e. The van der Waals surface area contributed by atoms with Gasteiger partial charge in [0.05, 0.1) is 5.69 Å². The Hall–Kier alpha value is -3.04. The van der Waals surface area contributed by atoms with Crippen molar-refractivity contribution in [2.24, 2.45) is 5.92 Å². The van der Waals surface area contributed by atoms with Crippen molar-refractivity contribution < 1.29 is 9.32 Å². The zero-order valence-corrected chi connectivity index (χ0v) is 17.2. The van der Waals surface area contributed by atoms with Gasteiger partial charge in [-0.2, -0.15) is 4.98 Å². The molecular formula is C19H17ClN6O2S. The van der Waals surface area contributed by atoms with Crippen LogP contribution in [0, 0.1) is 5.92 Å². The minimum atomic E-state index is -0.438. The number of carbonyl (C=O) groups excluding carboxylic acids is 1. The molecule has 4 rings (SSSR count). The van der Waals surface area contributed by atoms with Gasteiger partial charge in [0.25, 0.3) is 0 Å². The summed E-state index contributed by atoms with van der Waals surface area (Å²) >= 11 is 7.63.